The fourth-order valence-corrected chi connectivity index (χ4v) is 8.78. The Morgan fingerprint density at radius 3 is 0.919 bits per heavy atom. The lowest BCUT2D eigenvalue weighted by molar-refractivity contribution is 0.734. The molecule has 2 nitrogen and oxygen atoms in total. The van der Waals surface area contributed by atoms with Gasteiger partial charge in [-0.15, -0.1) is 0 Å². The minimum absolute atomic E-state index is 0.608. The summed E-state index contributed by atoms with van der Waals surface area (Å²) in [4.78, 5) is 4.71. The molecule has 2 aliphatic carbocycles. The van der Waals surface area contributed by atoms with E-state index in [2.05, 4.69) is 232 Å². The Kier molecular flexibility index (Phi) is 12.2. The third-order valence-corrected chi connectivity index (χ3v) is 13.4. The molecule has 0 N–H and O–H groups in total. The van der Waals surface area contributed by atoms with Gasteiger partial charge < -0.3 is 9.80 Å². The van der Waals surface area contributed by atoms with E-state index >= 15 is 0 Å². The van der Waals surface area contributed by atoms with Crippen molar-refractivity contribution in [2.75, 3.05) is 9.80 Å². The molecule has 0 fully saturated rings. The van der Waals surface area contributed by atoms with Crippen LogP contribution in [0, 0.1) is 0 Å². The van der Waals surface area contributed by atoms with Crippen LogP contribution in [0.15, 0.2) is 194 Å². The Bertz CT molecular complexity index is 2600. The number of fused-ring (bicyclic) bond motifs is 2. The van der Waals surface area contributed by atoms with Crippen molar-refractivity contribution in [2.24, 2.45) is 0 Å². The first kappa shape index (κ1) is 40.7. The molecule has 0 radical (unpaired) electrons. The predicted octanol–water partition coefficient (Wildman–Crippen LogP) is 16.9. The molecule has 10 rings (SSSR count). The van der Waals surface area contributed by atoms with Gasteiger partial charge in [0, 0.05) is 34.1 Å². The average molecular weight is 807 g/mol. The van der Waals surface area contributed by atoms with E-state index in [-0.39, 0.29) is 0 Å². The quantitative estimate of drug-likeness (QED) is 0.121. The van der Waals surface area contributed by atoms with Gasteiger partial charge in [-0.25, -0.2) is 0 Å². The van der Waals surface area contributed by atoms with E-state index in [0.29, 0.717) is 11.8 Å². The smallest absolute Gasteiger partial charge is 0.0464 e. The Balaban J connectivity index is 0.000000160. The first-order valence-corrected chi connectivity index (χ1v) is 22.8. The SMILES string of the molecule is CCC(C)c1ccc(-c2ccc(N(c3ccc4c(c3)CC4)c3ccc4c(c3)CC4)cc2)cc1.CCC(C)c1ccc(-c2ccc(N(c3ccccc3)c3ccccc3)cc2)cc1. The minimum atomic E-state index is 0.608. The van der Waals surface area contributed by atoms with Crippen LogP contribution in [0.5, 0.6) is 0 Å². The molecule has 8 aromatic carbocycles. The van der Waals surface area contributed by atoms with E-state index < -0.39 is 0 Å². The average Bonchev–Trinajstić information content (AvgIpc) is 3.32. The maximum atomic E-state index is 2.42. The zero-order valence-electron chi connectivity index (χ0n) is 36.8. The molecule has 2 aliphatic rings. The maximum absolute atomic E-state index is 2.42. The number of rotatable bonds is 12. The molecule has 0 saturated heterocycles. The van der Waals surface area contributed by atoms with Crippen molar-refractivity contribution >= 4 is 34.1 Å². The molecule has 2 heteroatoms. The fourth-order valence-electron chi connectivity index (χ4n) is 8.78. The van der Waals surface area contributed by atoms with Crippen LogP contribution in [0.4, 0.5) is 34.1 Å². The molecule has 0 aliphatic heterocycles. The normalized spacial score (nSPS) is 13.2. The van der Waals surface area contributed by atoms with Crippen molar-refractivity contribution < 1.29 is 0 Å². The summed E-state index contributed by atoms with van der Waals surface area (Å²) >= 11 is 0. The number of anilines is 6. The van der Waals surface area contributed by atoms with E-state index in [1.54, 1.807) is 0 Å². The summed E-state index contributed by atoms with van der Waals surface area (Å²) in [6.07, 6.45) is 7.19. The Hall–Kier alpha value is -6.64. The van der Waals surface area contributed by atoms with E-state index in [9.17, 15) is 0 Å². The molecular weight excluding hydrogens is 749 g/mol. The molecule has 308 valence electrons. The number of benzene rings is 8. The highest BCUT2D eigenvalue weighted by atomic mass is 15.1. The lowest BCUT2D eigenvalue weighted by atomic mass is 9.87. The number of aryl methyl sites for hydroxylation is 4. The highest BCUT2D eigenvalue weighted by Gasteiger charge is 2.21. The molecule has 0 heterocycles. The van der Waals surface area contributed by atoms with Gasteiger partial charge in [-0.1, -0.05) is 149 Å². The molecule has 0 amide bonds. The van der Waals surface area contributed by atoms with Gasteiger partial charge in [0.2, 0.25) is 0 Å². The molecule has 2 atom stereocenters. The van der Waals surface area contributed by atoms with E-state index in [1.165, 1.54) is 111 Å². The summed E-state index contributed by atoms with van der Waals surface area (Å²) in [7, 11) is 0. The highest BCUT2D eigenvalue weighted by molar-refractivity contribution is 5.81. The first-order valence-electron chi connectivity index (χ1n) is 22.8. The molecule has 0 saturated carbocycles. The van der Waals surface area contributed by atoms with Gasteiger partial charge in [-0.3, -0.25) is 0 Å². The van der Waals surface area contributed by atoms with Crippen molar-refractivity contribution in [1.82, 2.24) is 0 Å². The van der Waals surface area contributed by atoms with Crippen LogP contribution in [0.2, 0.25) is 0 Å². The molecule has 0 bridgehead atoms. The van der Waals surface area contributed by atoms with E-state index in [0.717, 1.165) is 17.1 Å². The second-order valence-corrected chi connectivity index (χ2v) is 17.2. The highest BCUT2D eigenvalue weighted by Crippen LogP contribution is 2.41. The monoisotopic (exact) mass is 806 g/mol. The lowest BCUT2D eigenvalue weighted by Gasteiger charge is -2.30. The van der Waals surface area contributed by atoms with Crippen molar-refractivity contribution in [3.63, 3.8) is 0 Å². The second-order valence-electron chi connectivity index (χ2n) is 17.2. The molecule has 62 heavy (non-hydrogen) atoms. The van der Waals surface area contributed by atoms with Crippen LogP contribution in [-0.4, -0.2) is 0 Å². The lowest BCUT2D eigenvalue weighted by Crippen LogP contribution is -2.15. The first-order chi connectivity index (χ1) is 30.4. The predicted molar refractivity (Wildman–Crippen MR) is 265 cm³/mol. The third kappa shape index (κ3) is 8.74. The molecule has 0 spiro atoms. The molecule has 2 unspecified atom stereocenters. The summed E-state index contributed by atoms with van der Waals surface area (Å²) in [6.45, 7) is 9.07. The largest absolute Gasteiger partial charge is 0.311 e. The Morgan fingerprint density at radius 2 is 0.613 bits per heavy atom. The molecular formula is C60H58N2. The summed E-state index contributed by atoms with van der Waals surface area (Å²) < 4.78 is 0. The molecule has 8 aromatic rings. The number of hydrogen-bond donors (Lipinski definition) is 0. The summed E-state index contributed by atoms with van der Waals surface area (Å²) in [5.74, 6) is 1.22. The van der Waals surface area contributed by atoms with Crippen LogP contribution in [0.3, 0.4) is 0 Å². The van der Waals surface area contributed by atoms with Crippen LogP contribution in [-0.2, 0) is 25.7 Å². The van der Waals surface area contributed by atoms with Gasteiger partial charge in [-0.2, -0.15) is 0 Å². The van der Waals surface area contributed by atoms with Gasteiger partial charge in [0.25, 0.3) is 0 Å². The van der Waals surface area contributed by atoms with Gasteiger partial charge in [0.05, 0.1) is 0 Å². The van der Waals surface area contributed by atoms with Gasteiger partial charge in [-0.05, 0) is 179 Å². The van der Waals surface area contributed by atoms with E-state index in [1.807, 2.05) is 0 Å². The molecule has 0 aromatic heterocycles. The van der Waals surface area contributed by atoms with Crippen LogP contribution >= 0.6 is 0 Å². The zero-order chi connectivity index (χ0) is 42.4. The number of hydrogen-bond acceptors (Lipinski definition) is 2. The zero-order valence-corrected chi connectivity index (χ0v) is 36.8. The standard InChI is InChI=1S/C32H31N.C28H27N/c1-3-22(2)23-4-6-24(7-5-23)25-12-16-30(17-13-25)33(31-18-14-26-8-10-28(26)20-31)32-19-15-27-9-11-29(27)21-32;1-3-22(2)23-14-16-24(17-15-23)25-18-20-28(21-19-25)29(26-10-6-4-7-11-26)27-12-8-5-9-13-27/h4-7,12-22H,3,8-11H2,1-2H3;4-22H,3H2,1-2H3. The third-order valence-electron chi connectivity index (χ3n) is 13.4. The van der Waals surface area contributed by atoms with Gasteiger partial charge in [0.1, 0.15) is 0 Å². The topological polar surface area (TPSA) is 6.48 Å². The summed E-state index contributed by atoms with van der Waals surface area (Å²) in [5.41, 5.74) is 21.1. The van der Waals surface area contributed by atoms with Gasteiger partial charge in [0.15, 0.2) is 0 Å². The fraction of sp³-hybridized carbons (Fsp3) is 0.200. The minimum Gasteiger partial charge on any atom is -0.311 e. The van der Waals surface area contributed by atoms with Crippen LogP contribution < -0.4 is 9.80 Å². The Morgan fingerprint density at radius 1 is 0.323 bits per heavy atom. The Labute approximate surface area is 370 Å². The second kappa shape index (κ2) is 18.5. The van der Waals surface area contributed by atoms with Crippen LogP contribution in [0.25, 0.3) is 22.3 Å². The van der Waals surface area contributed by atoms with Crippen molar-refractivity contribution in [2.45, 2.75) is 78.1 Å². The van der Waals surface area contributed by atoms with E-state index in [4.69, 9.17) is 0 Å². The number of nitrogens with zero attached hydrogens (tertiary/aromatic N) is 2. The summed E-state index contributed by atoms with van der Waals surface area (Å²) in [5, 5.41) is 0. The maximum Gasteiger partial charge on any atom is 0.0464 e. The van der Waals surface area contributed by atoms with Crippen molar-refractivity contribution in [1.29, 1.82) is 0 Å². The van der Waals surface area contributed by atoms with Crippen LogP contribution in [0.1, 0.15) is 85.8 Å². The van der Waals surface area contributed by atoms with Gasteiger partial charge >= 0.3 is 0 Å². The van der Waals surface area contributed by atoms with Crippen molar-refractivity contribution in [3.8, 4) is 22.3 Å². The summed E-state index contributed by atoms with van der Waals surface area (Å²) in [6, 6.07) is 71.0. The number of para-hydroxylation sites is 2. The van der Waals surface area contributed by atoms with Crippen molar-refractivity contribution in [3.05, 3.63) is 228 Å².